The van der Waals surface area contributed by atoms with Gasteiger partial charge in [-0.15, -0.1) is 11.3 Å². The van der Waals surface area contributed by atoms with Crippen LogP contribution >= 0.6 is 11.3 Å². The highest BCUT2D eigenvalue weighted by molar-refractivity contribution is 7.14. The number of nitrogens with zero attached hydrogens (tertiary/aromatic N) is 1. The van der Waals surface area contributed by atoms with Crippen molar-refractivity contribution in [2.75, 3.05) is 10.6 Å². The third kappa shape index (κ3) is 2.87. The Morgan fingerprint density at radius 2 is 1.94 bits per heavy atom. The van der Waals surface area contributed by atoms with Gasteiger partial charge in [-0.3, -0.25) is 5.32 Å². The first-order chi connectivity index (χ1) is 8.69. The standard InChI is InChI=1S/C13H11N3OS/c1-9-2-4-11(5-3-9)15-13(17)16-12-10(8-14)6-7-18-12/h2-7H,1H3,(H2,15,16,17). The molecule has 0 spiro atoms. The van der Waals surface area contributed by atoms with Gasteiger partial charge in [0.1, 0.15) is 11.1 Å². The van der Waals surface area contributed by atoms with Crippen molar-refractivity contribution in [2.45, 2.75) is 6.92 Å². The highest BCUT2D eigenvalue weighted by Gasteiger charge is 2.07. The van der Waals surface area contributed by atoms with Gasteiger partial charge in [0.05, 0.1) is 5.56 Å². The lowest BCUT2D eigenvalue weighted by Gasteiger charge is -2.06. The number of thiophene rings is 1. The Labute approximate surface area is 109 Å². The van der Waals surface area contributed by atoms with Crippen LogP contribution in [0.3, 0.4) is 0 Å². The average molecular weight is 257 g/mol. The molecule has 1 aromatic heterocycles. The molecule has 1 heterocycles. The van der Waals surface area contributed by atoms with Crippen molar-refractivity contribution >= 4 is 28.1 Å². The number of hydrogen-bond donors (Lipinski definition) is 2. The molecular formula is C13H11N3OS. The molecule has 0 fully saturated rings. The second kappa shape index (κ2) is 5.34. The number of nitrogens with one attached hydrogen (secondary N) is 2. The average Bonchev–Trinajstić information content (AvgIpc) is 2.79. The van der Waals surface area contributed by atoms with Crippen molar-refractivity contribution in [3.05, 3.63) is 46.8 Å². The number of carbonyl (C=O) groups excluding carboxylic acids is 1. The molecule has 2 N–H and O–H groups in total. The number of nitriles is 1. The van der Waals surface area contributed by atoms with E-state index in [1.165, 1.54) is 11.3 Å². The molecule has 0 bridgehead atoms. The molecule has 90 valence electrons. The number of amides is 2. The van der Waals surface area contributed by atoms with E-state index in [2.05, 4.69) is 10.6 Å². The van der Waals surface area contributed by atoms with Crippen molar-refractivity contribution in [3.63, 3.8) is 0 Å². The van der Waals surface area contributed by atoms with Gasteiger partial charge >= 0.3 is 6.03 Å². The SMILES string of the molecule is Cc1ccc(NC(=O)Nc2sccc2C#N)cc1. The molecule has 0 saturated heterocycles. The van der Waals surface area contributed by atoms with Crippen LogP contribution < -0.4 is 10.6 Å². The Morgan fingerprint density at radius 3 is 2.61 bits per heavy atom. The normalized spacial score (nSPS) is 9.56. The topological polar surface area (TPSA) is 64.9 Å². The lowest BCUT2D eigenvalue weighted by atomic mass is 10.2. The third-order valence-electron chi connectivity index (χ3n) is 2.32. The summed E-state index contributed by atoms with van der Waals surface area (Å²) in [4.78, 5) is 11.7. The van der Waals surface area contributed by atoms with E-state index in [1.54, 1.807) is 11.4 Å². The van der Waals surface area contributed by atoms with Crippen LogP contribution in [0, 0.1) is 18.3 Å². The van der Waals surface area contributed by atoms with E-state index in [4.69, 9.17) is 5.26 Å². The van der Waals surface area contributed by atoms with Crippen molar-refractivity contribution in [3.8, 4) is 6.07 Å². The van der Waals surface area contributed by atoms with Crippen molar-refractivity contribution < 1.29 is 4.79 Å². The Bertz CT molecular complexity index is 595. The van der Waals surface area contributed by atoms with Crippen LogP contribution in [0.5, 0.6) is 0 Å². The van der Waals surface area contributed by atoms with Crippen LogP contribution in [-0.4, -0.2) is 6.03 Å². The number of anilines is 2. The van der Waals surface area contributed by atoms with E-state index < -0.39 is 0 Å². The second-order valence-electron chi connectivity index (χ2n) is 3.72. The number of hydrogen-bond acceptors (Lipinski definition) is 3. The summed E-state index contributed by atoms with van der Waals surface area (Å²) in [6, 6.07) is 10.8. The predicted octanol–water partition coefficient (Wildman–Crippen LogP) is 3.57. The Balaban J connectivity index is 2.01. The van der Waals surface area contributed by atoms with Gasteiger partial charge in [0.25, 0.3) is 0 Å². The first-order valence-electron chi connectivity index (χ1n) is 5.31. The predicted molar refractivity (Wildman–Crippen MR) is 72.9 cm³/mol. The zero-order valence-corrected chi connectivity index (χ0v) is 10.5. The second-order valence-corrected chi connectivity index (χ2v) is 4.64. The van der Waals surface area contributed by atoms with Crippen LogP contribution in [0.2, 0.25) is 0 Å². The van der Waals surface area contributed by atoms with Crippen LogP contribution in [0.4, 0.5) is 15.5 Å². The number of carbonyl (C=O) groups is 1. The highest BCUT2D eigenvalue weighted by Crippen LogP contribution is 2.22. The quantitative estimate of drug-likeness (QED) is 0.863. The van der Waals surface area contributed by atoms with E-state index in [1.807, 2.05) is 37.3 Å². The summed E-state index contributed by atoms with van der Waals surface area (Å²) in [5, 5.41) is 16.5. The van der Waals surface area contributed by atoms with Crippen molar-refractivity contribution in [2.24, 2.45) is 0 Å². The van der Waals surface area contributed by atoms with Crippen LogP contribution in [0.25, 0.3) is 0 Å². The number of benzene rings is 1. The Hall–Kier alpha value is -2.32. The summed E-state index contributed by atoms with van der Waals surface area (Å²) in [7, 11) is 0. The molecule has 2 rings (SSSR count). The molecule has 0 aliphatic carbocycles. The van der Waals surface area contributed by atoms with Gasteiger partial charge in [-0.1, -0.05) is 17.7 Å². The molecule has 5 heteroatoms. The van der Waals surface area contributed by atoms with Gasteiger partial charge < -0.3 is 5.32 Å². The summed E-state index contributed by atoms with van der Waals surface area (Å²) in [5.41, 5.74) is 2.32. The molecule has 0 aliphatic heterocycles. The molecule has 4 nitrogen and oxygen atoms in total. The fourth-order valence-corrected chi connectivity index (χ4v) is 2.13. The van der Waals surface area contributed by atoms with E-state index in [0.717, 1.165) is 5.56 Å². The highest BCUT2D eigenvalue weighted by atomic mass is 32.1. The maximum absolute atomic E-state index is 11.7. The summed E-state index contributed by atoms with van der Waals surface area (Å²) in [5.74, 6) is 0. The van der Waals surface area contributed by atoms with Crippen molar-refractivity contribution in [1.82, 2.24) is 0 Å². The maximum atomic E-state index is 11.7. The van der Waals surface area contributed by atoms with E-state index >= 15 is 0 Å². The first-order valence-corrected chi connectivity index (χ1v) is 6.19. The molecule has 2 aromatic rings. The number of rotatable bonds is 2. The van der Waals surface area contributed by atoms with E-state index in [9.17, 15) is 4.79 Å². The van der Waals surface area contributed by atoms with Crippen molar-refractivity contribution in [1.29, 1.82) is 5.26 Å². The molecule has 0 aliphatic rings. The fourth-order valence-electron chi connectivity index (χ4n) is 1.40. The molecule has 2 amide bonds. The molecule has 18 heavy (non-hydrogen) atoms. The molecule has 0 saturated carbocycles. The van der Waals surface area contributed by atoms with E-state index in [0.29, 0.717) is 16.3 Å². The largest absolute Gasteiger partial charge is 0.324 e. The third-order valence-corrected chi connectivity index (χ3v) is 3.15. The van der Waals surface area contributed by atoms with Gasteiger partial charge in [0.15, 0.2) is 0 Å². The van der Waals surface area contributed by atoms with Crippen LogP contribution in [0.1, 0.15) is 11.1 Å². The zero-order chi connectivity index (χ0) is 13.0. The smallest absolute Gasteiger partial charge is 0.308 e. The number of aryl methyl sites for hydroxylation is 1. The Kier molecular flexibility index (Phi) is 3.60. The molecule has 0 radical (unpaired) electrons. The summed E-state index contributed by atoms with van der Waals surface area (Å²) < 4.78 is 0. The minimum absolute atomic E-state index is 0.349. The summed E-state index contributed by atoms with van der Waals surface area (Å²) in [6.07, 6.45) is 0. The minimum Gasteiger partial charge on any atom is -0.308 e. The molecule has 0 atom stereocenters. The fraction of sp³-hybridized carbons (Fsp3) is 0.0769. The van der Waals surface area contributed by atoms with Crippen LogP contribution in [0.15, 0.2) is 35.7 Å². The van der Waals surface area contributed by atoms with Crippen LogP contribution in [-0.2, 0) is 0 Å². The van der Waals surface area contributed by atoms with Gasteiger partial charge in [-0.25, -0.2) is 4.79 Å². The van der Waals surface area contributed by atoms with Gasteiger partial charge in [0, 0.05) is 5.69 Å². The monoisotopic (exact) mass is 257 g/mol. The summed E-state index contributed by atoms with van der Waals surface area (Å²) >= 11 is 1.32. The molecule has 0 unspecified atom stereocenters. The minimum atomic E-state index is -0.349. The molecule has 1 aromatic carbocycles. The van der Waals surface area contributed by atoms with Gasteiger partial charge in [-0.2, -0.15) is 5.26 Å². The Morgan fingerprint density at radius 1 is 1.22 bits per heavy atom. The lowest BCUT2D eigenvalue weighted by Crippen LogP contribution is -2.19. The van der Waals surface area contributed by atoms with Gasteiger partial charge in [-0.05, 0) is 30.5 Å². The summed E-state index contributed by atoms with van der Waals surface area (Å²) in [6.45, 7) is 1.98. The maximum Gasteiger partial charge on any atom is 0.324 e. The number of urea groups is 1. The van der Waals surface area contributed by atoms with E-state index in [-0.39, 0.29) is 6.03 Å². The first kappa shape index (κ1) is 12.1. The lowest BCUT2D eigenvalue weighted by molar-refractivity contribution is 0.262. The van der Waals surface area contributed by atoms with Gasteiger partial charge in [0.2, 0.25) is 0 Å². The molecular weight excluding hydrogens is 246 g/mol. The zero-order valence-electron chi connectivity index (χ0n) is 9.73.